The summed E-state index contributed by atoms with van der Waals surface area (Å²) in [6.45, 7) is 4.93. The van der Waals surface area contributed by atoms with Crippen molar-refractivity contribution in [3.8, 4) is 11.3 Å². The van der Waals surface area contributed by atoms with Gasteiger partial charge >= 0.3 is 6.18 Å². The molecule has 0 unspecified atom stereocenters. The van der Waals surface area contributed by atoms with Gasteiger partial charge < -0.3 is 15.2 Å². The number of fused-ring (bicyclic) bond motifs is 1. The number of rotatable bonds is 5. The van der Waals surface area contributed by atoms with Crippen LogP contribution in [0.5, 0.6) is 0 Å². The summed E-state index contributed by atoms with van der Waals surface area (Å²) in [7, 11) is 0. The monoisotopic (exact) mass is 482 g/mol. The van der Waals surface area contributed by atoms with E-state index >= 15 is 0 Å². The molecule has 2 aromatic carbocycles. The molecule has 0 saturated carbocycles. The Kier molecular flexibility index (Phi) is 6.29. The molecule has 10 heteroatoms. The summed E-state index contributed by atoms with van der Waals surface area (Å²) in [5.74, 6) is -1.13. The number of carbonyl (C=O) groups is 2. The Morgan fingerprint density at radius 3 is 2.37 bits per heavy atom. The Balaban J connectivity index is 1.65. The van der Waals surface area contributed by atoms with E-state index in [1.165, 1.54) is 24.3 Å². The maximum atomic E-state index is 13.6. The third-order valence-electron chi connectivity index (χ3n) is 5.53. The molecule has 2 heterocycles. The van der Waals surface area contributed by atoms with Crippen LogP contribution in [0.4, 0.5) is 18.9 Å². The summed E-state index contributed by atoms with van der Waals surface area (Å²) >= 11 is 0. The second-order valence-corrected chi connectivity index (χ2v) is 8.04. The largest absolute Gasteiger partial charge is 0.417 e. The molecule has 4 rings (SSSR count). The molecule has 4 aromatic rings. The number of nitrogens with zero attached hydrogens (tertiary/aromatic N) is 2. The van der Waals surface area contributed by atoms with Gasteiger partial charge in [0.1, 0.15) is 0 Å². The van der Waals surface area contributed by atoms with Crippen molar-refractivity contribution in [3.05, 3.63) is 76.5 Å². The molecule has 0 aliphatic carbocycles. The Labute approximate surface area is 198 Å². The van der Waals surface area contributed by atoms with Crippen LogP contribution < -0.4 is 10.6 Å². The van der Waals surface area contributed by atoms with Crippen molar-refractivity contribution in [2.45, 2.75) is 26.9 Å². The van der Waals surface area contributed by atoms with Crippen molar-refractivity contribution >= 4 is 28.6 Å². The lowest BCUT2D eigenvalue weighted by molar-refractivity contribution is -0.137. The number of pyridine rings is 1. The highest BCUT2D eigenvalue weighted by atomic mass is 19.4. The standard InChI is InChI=1S/C25H21F3N4O3/c1-13-7-6-8-14(2)22(13)31-20(33)12-29-23(34)17-11-19(30-24-21(17)15(3)32-35-24)16-9-4-5-10-18(16)25(26,27)28/h4-11H,12H2,1-3H3,(H,29,34)(H,31,33). The minimum atomic E-state index is -4.63. The maximum absolute atomic E-state index is 13.6. The van der Waals surface area contributed by atoms with E-state index in [1.807, 2.05) is 32.0 Å². The fourth-order valence-corrected chi connectivity index (χ4v) is 3.82. The predicted molar refractivity (Wildman–Crippen MR) is 124 cm³/mol. The topological polar surface area (TPSA) is 97.1 Å². The first-order valence-corrected chi connectivity index (χ1v) is 10.6. The molecule has 0 saturated heterocycles. The van der Waals surface area contributed by atoms with E-state index < -0.39 is 23.6 Å². The van der Waals surface area contributed by atoms with E-state index in [-0.39, 0.29) is 34.5 Å². The van der Waals surface area contributed by atoms with Crippen molar-refractivity contribution < 1.29 is 27.3 Å². The highest BCUT2D eigenvalue weighted by molar-refractivity contribution is 6.08. The molecule has 0 aliphatic rings. The molecule has 0 aliphatic heterocycles. The molecule has 0 bridgehead atoms. The number of benzene rings is 2. The van der Waals surface area contributed by atoms with Crippen molar-refractivity contribution in [2.24, 2.45) is 0 Å². The normalized spacial score (nSPS) is 11.5. The first-order valence-electron chi connectivity index (χ1n) is 10.6. The smallest absolute Gasteiger partial charge is 0.343 e. The molecule has 0 atom stereocenters. The zero-order valence-electron chi connectivity index (χ0n) is 19.1. The number of halogens is 3. The third kappa shape index (κ3) is 4.86. The molecule has 0 radical (unpaired) electrons. The minimum Gasteiger partial charge on any atom is -0.343 e. The van der Waals surface area contributed by atoms with E-state index in [9.17, 15) is 22.8 Å². The van der Waals surface area contributed by atoms with Gasteiger partial charge in [0.2, 0.25) is 5.91 Å². The highest BCUT2D eigenvalue weighted by Gasteiger charge is 2.34. The van der Waals surface area contributed by atoms with Gasteiger partial charge in [0.05, 0.1) is 34.4 Å². The van der Waals surface area contributed by atoms with Crippen LogP contribution in [0.25, 0.3) is 22.4 Å². The van der Waals surface area contributed by atoms with Gasteiger partial charge in [-0.1, -0.05) is 41.6 Å². The zero-order chi connectivity index (χ0) is 25.3. The number of hydrogen-bond acceptors (Lipinski definition) is 5. The van der Waals surface area contributed by atoms with Crippen LogP contribution in [0.3, 0.4) is 0 Å². The molecule has 180 valence electrons. The minimum absolute atomic E-state index is 0.000555. The van der Waals surface area contributed by atoms with E-state index in [2.05, 4.69) is 20.8 Å². The molecule has 2 amide bonds. The number of alkyl halides is 3. The van der Waals surface area contributed by atoms with Gasteiger partial charge in [-0.3, -0.25) is 9.59 Å². The average molecular weight is 482 g/mol. The van der Waals surface area contributed by atoms with Crippen LogP contribution in [0.15, 0.2) is 53.1 Å². The number of hydrogen-bond donors (Lipinski definition) is 2. The second kappa shape index (κ2) is 9.21. The molecular weight excluding hydrogens is 461 g/mol. The first-order chi connectivity index (χ1) is 16.6. The summed E-state index contributed by atoms with van der Waals surface area (Å²) in [6.07, 6.45) is -4.63. The van der Waals surface area contributed by atoms with Crippen LogP contribution in [0, 0.1) is 20.8 Å². The van der Waals surface area contributed by atoms with Crippen LogP contribution >= 0.6 is 0 Å². The molecule has 35 heavy (non-hydrogen) atoms. The number of nitrogens with one attached hydrogen (secondary N) is 2. The number of carbonyl (C=O) groups excluding carboxylic acids is 2. The lowest BCUT2D eigenvalue weighted by atomic mass is 10.0. The van der Waals surface area contributed by atoms with Gasteiger partial charge in [0, 0.05) is 11.3 Å². The molecule has 7 nitrogen and oxygen atoms in total. The van der Waals surface area contributed by atoms with Gasteiger partial charge in [-0.25, -0.2) is 4.98 Å². The van der Waals surface area contributed by atoms with Crippen LogP contribution in [0.1, 0.15) is 32.7 Å². The van der Waals surface area contributed by atoms with E-state index in [4.69, 9.17) is 4.52 Å². The number of aromatic nitrogens is 2. The van der Waals surface area contributed by atoms with Crippen molar-refractivity contribution in [1.82, 2.24) is 15.5 Å². The Bertz CT molecular complexity index is 1420. The lowest BCUT2D eigenvalue weighted by Crippen LogP contribution is -2.33. The van der Waals surface area contributed by atoms with Crippen molar-refractivity contribution in [3.63, 3.8) is 0 Å². The Hall–Kier alpha value is -4.21. The molecule has 2 aromatic heterocycles. The summed E-state index contributed by atoms with van der Waals surface area (Å²) in [6, 6.07) is 11.7. The summed E-state index contributed by atoms with van der Waals surface area (Å²) < 4.78 is 45.9. The fraction of sp³-hybridized carbons (Fsp3) is 0.200. The van der Waals surface area contributed by atoms with E-state index in [1.54, 1.807) is 6.92 Å². The van der Waals surface area contributed by atoms with Gasteiger partial charge in [0.15, 0.2) is 0 Å². The van der Waals surface area contributed by atoms with Gasteiger partial charge in [0.25, 0.3) is 11.6 Å². The van der Waals surface area contributed by atoms with Crippen molar-refractivity contribution in [2.75, 3.05) is 11.9 Å². The molecule has 2 N–H and O–H groups in total. The molecule has 0 fully saturated rings. The Morgan fingerprint density at radius 2 is 1.69 bits per heavy atom. The van der Waals surface area contributed by atoms with Crippen molar-refractivity contribution in [1.29, 1.82) is 0 Å². The maximum Gasteiger partial charge on any atom is 0.417 e. The van der Waals surface area contributed by atoms with Crippen LogP contribution in [0.2, 0.25) is 0 Å². The highest BCUT2D eigenvalue weighted by Crippen LogP contribution is 2.37. The lowest BCUT2D eigenvalue weighted by Gasteiger charge is -2.14. The summed E-state index contributed by atoms with van der Waals surface area (Å²) in [4.78, 5) is 29.7. The summed E-state index contributed by atoms with van der Waals surface area (Å²) in [5.41, 5.74) is 1.43. The number of anilines is 1. The van der Waals surface area contributed by atoms with Gasteiger partial charge in [-0.2, -0.15) is 13.2 Å². The molecular formula is C25H21F3N4O3. The third-order valence-corrected chi connectivity index (χ3v) is 5.53. The predicted octanol–water partition coefficient (Wildman–Crippen LogP) is 5.20. The average Bonchev–Trinajstić information content (AvgIpc) is 3.19. The Morgan fingerprint density at radius 1 is 1.00 bits per heavy atom. The first kappa shape index (κ1) is 23.9. The second-order valence-electron chi connectivity index (χ2n) is 8.04. The number of aryl methyl sites for hydroxylation is 3. The van der Waals surface area contributed by atoms with E-state index in [0.29, 0.717) is 11.4 Å². The SMILES string of the molecule is Cc1cccc(C)c1NC(=O)CNC(=O)c1cc(-c2ccccc2C(F)(F)F)nc2onc(C)c12. The summed E-state index contributed by atoms with van der Waals surface area (Å²) in [5, 5.41) is 9.34. The van der Waals surface area contributed by atoms with Gasteiger partial charge in [-0.05, 0) is 44.0 Å². The van der Waals surface area contributed by atoms with Crippen LogP contribution in [-0.2, 0) is 11.0 Å². The fourth-order valence-electron chi connectivity index (χ4n) is 3.82. The number of amides is 2. The van der Waals surface area contributed by atoms with E-state index in [0.717, 1.165) is 17.2 Å². The van der Waals surface area contributed by atoms with Gasteiger partial charge in [-0.15, -0.1) is 0 Å². The zero-order valence-corrected chi connectivity index (χ0v) is 19.1. The quantitative estimate of drug-likeness (QED) is 0.407. The molecule has 0 spiro atoms. The number of para-hydroxylation sites is 1. The van der Waals surface area contributed by atoms with Crippen LogP contribution in [-0.4, -0.2) is 28.5 Å².